The first kappa shape index (κ1) is 19.7. The third-order valence-electron chi connectivity index (χ3n) is 4.91. The zero-order valence-corrected chi connectivity index (χ0v) is 17.3. The van der Waals surface area contributed by atoms with Crippen LogP contribution < -0.4 is 4.72 Å². The lowest BCUT2D eigenvalue weighted by atomic mass is 10.0. The topological polar surface area (TPSA) is 77.4 Å². The van der Waals surface area contributed by atoms with Crippen LogP contribution in [0.5, 0.6) is 0 Å². The molecule has 0 radical (unpaired) electrons. The van der Waals surface area contributed by atoms with Crippen molar-refractivity contribution in [3.8, 4) is 11.1 Å². The second kappa shape index (κ2) is 7.68. The Bertz CT molecular complexity index is 1330. The van der Waals surface area contributed by atoms with Crippen LogP contribution in [-0.2, 0) is 21.8 Å². The van der Waals surface area contributed by atoms with Crippen molar-refractivity contribution in [3.05, 3.63) is 84.6 Å². The maximum Gasteiger partial charge on any atom is 0.337 e. The van der Waals surface area contributed by atoms with E-state index in [-0.39, 0.29) is 10.5 Å². The molecule has 0 aliphatic rings. The van der Waals surface area contributed by atoms with Gasteiger partial charge in [-0.3, -0.25) is 4.72 Å². The SMILES string of the molecule is COC(=O)c1ccc(S(=O)(=O)Nc2ccc3c(c2)c(-c2ccccc2)cn3C)cc1. The van der Waals surface area contributed by atoms with E-state index < -0.39 is 16.0 Å². The van der Waals surface area contributed by atoms with Gasteiger partial charge in [0.05, 0.1) is 17.6 Å². The number of carbonyl (C=O) groups excluding carboxylic acids is 1. The molecule has 0 unspecified atom stereocenters. The molecule has 4 aromatic rings. The highest BCUT2D eigenvalue weighted by Gasteiger charge is 2.17. The summed E-state index contributed by atoms with van der Waals surface area (Å²) in [6.07, 6.45) is 2.03. The molecular weight excluding hydrogens is 400 g/mol. The summed E-state index contributed by atoms with van der Waals surface area (Å²) >= 11 is 0. The molecule has 152 valence electrons. The highest BCUT2D eigenvalue weighted by molar-refractivity contribution is 7.92. The van der Waals surface area contributed by atoms with E-state index in [1.54, 1.807) is 6.07 Å². The van der Waals surface area contributed by atoms with Gasteiger partial charge in [-0.05, 0) is 48.0 Å². The molecule has 0 saturated carbocycles. The summed E-state index contributed by atoms with van der Waals surface area (Å²) in [5, 5.41) is 0.949. The van der Waals surface area contributed by atoms with Gasteiger partial charge in [0.15, 0.2) is 0 Å². The van der Waals surface area contributed by atoms with Gasteiger partial charge in [-0.1, -0.05) is 30.3 Å². The predicted molar refractivity (Wildman–Crippen MR) is 117 cm³/mol. The van der Waals surface area contributed by atoms with E-state index in [1.165, 1.54) is 31.4 Å². The lowest BCUT2D eigenvalue weighted by Crippen LogP contribution is -2.13. The minimum absolute atomic E-state index is 0.0617. The fourth-order valence-electron chi connectivity index (χ4n) is 3.41. The maximum absolute atomic E-state index is 12.8. The summed E-state index contributed by atoms with van der Waals surface area (Å²) in [6, 6.07) is 21.0. The largest absolute Gasteiger partial charge is 0.465 e. The number of hydrogen-bond donors (Lipinski definition) is 1. The summed E-state index contributed by atoms with van der Waals surface area (Å²) in [7, 11) is -0.575. The Balaban J connectivity index is 1.69. The molecule has 0 atom stereocenters. The zero-order chi connectivity index (χ0) is 21.3. The van der Waals surface area contributed by atoms with Gasteiger partial charge < -0.3 is 9.30 Å². The number of aryl methyl sites for hydroxylation is 1. The minimum atomic E-state index is -3.81. The van der Waals surface area contributed by atoms with Crippen molar-refractivity contribution in [1.29, 1.82) is 0 Å². The number of aromatic nitrogens is 1. The number of rotatable bonds is 5. The summed E-state index contributed by atoms with van der Waals surface area (Å²) in [4.78, 5) is 11.6. The molecule has 0 fully saturated rings. The van der Waals surface area contributed by atoms with Crippen LogP contribution in [-0.4, -0.2) is 26.1 Å². The standard InChI is InChI=1S/C23H20N2O4S/c1-25-15-21(16-6-4-3-5-7-16)20-14-18(10-13-22(20)25)24-30(27,28)19-11-8-17(9-12-19)23(26)29-2/h3-15,24H,1-2H3. The molecule has 0 spiro atoms. The van der Waals surface area contributed by atoms with Crippen molar-refractivity contribution < 1.29 is 17.9 Å². The Hall–Kier alpha value is -3.58. The second-order valence-corrected chi connectivity index (χ2v) is 8.56. The van der Waals surface area contributed by atoms with Gasteiger partial charge >= 0.3 is 5.97 Å². The van der Waals surface area contributed by atoms with E-state index in [0.29, 0.717) is 5.69 Å². The molecule has 7 heteroatoms. The van der Waals surface area contributed by atoms with E-state index in [0.717, 1.165) is 22.0 Å². The lowest BCUT2D eigenvalue weighted by Gasteiger charge is -2.09. The number of hydrogen-bond acceptors (Lipinski definition) is 4. The molecule has 0 aliphatic carbocycles. The van der Waals surface area contributed by atoms with E-state index in [4.69, 9.17) is 0 Å². The molecular formula is C23H20N2O4S. The van der Waals surface area contributed by atoms with E-state index in [2.05, 4.69) is 9.46 Å². The van der Waals surface area contributed by atoms with E-state index in [1.807, 2.05) is 60.3 Å². The number of fused-ring (bicyclic) bond motifs is 1. The molecule has 1 aromatic heterocycles. The van der Waals surface area contributed by atoms with Gasteiger partial charge in [0.2, 0.25) is 0 Å². The van der Waals surface area contributed by atoms with Gasteiger partial charge in [0.1, 0.15) is 0 Å². The number of methoxy groups -OCH3 is 1. The molecule has 30 heavy (non-hydrogen) atoms. The van der Waals surface area contributed by atoms with Crippen LogP contribution in [0.2, 0.25) is 0 Å². The maximum atomic E-state index is 12.8. The smallest absolute Gasteiger partial charge is 0.337 e. The third kappa shape index (κ3) is 3.67. The number of esters is 1. The molecule has 3 aromatic carbocycles. The summed E-state index contributed by atoms with van der Waals surface area (Å²) in [5.41, 5.74) is 3.83. The number of nitrogens with one attached hydrogen (secondary N) is 1. The Morgan fingerprint density at radius 2 is 1.67 bits per heavy atom. The number of nitrogens with zero attached hydrogens (tertiary/aromatic N) is 1. The van der Waals surface area contributed by atoms with Gasteiger partial charge in [0, 0.05) is 35.4 Å². The second-order valence-electron chi connectivity index (χ2n) is 6.87. The number of carbonyl (C=O) groups is 1. The summed E-state index contributed by atoms with van der Waals surface area (Å²) < 4.78 is 34.9. The van der Waals surface area contributed by atoms with E-state index in [9.17, 15) is 13.2 Å². The minimum Gasteiger partial charge on any atom is -0.465 e. The van der Waals surface area contributed by atoms with Crippen molar-refractivity contribution in [3.63, 3.8) is 0 Å². The lowest BCUT2D eigenvalue weighted by molar-refractivity contribution is 0.0600. The molecule has 0 saturated heterocycles. The van der Waals surface area contributed by atoms with Crippen molar-refractivity contribution >= 4 is 32.6 Å². The normalized spacial score (nSPS) is 11.4. The van der Waals surface area contributed by atoms with Crippen molar-refractivity contribution in [2.24, 2.45) is 7.05 Å². The molecule has 0 amide bonds. The fraction of sp³-hybridized carbons (Fsp3) is 0.0870. The first-order chi connectivity index (χ1) is 14.4. The van der Waals surface area contributed by atoms with Crippen LogP contribution in [0.3, 0.4) is 0 Å². The van der Waals surface area contributed by atoms with Crippen LogP contribution in [0.15, 0.2) is 83.9 Å². The summed E-state index contributed by atoms with van der Waals surface area (Å²) in [6.45, 7) is 0. The Labute approximate surface area is 174 Å². The van der Waals surface area contributed by atoms with Gasteiger partial charge in [-0.25, -0.2) is 13.2 Å². The quantitative estimate of drug-likeness (QED) is 0.485. The summed E-state index contributed by atoms with van der Waals surface area (Å²) in [5.74, 6) is -0.519. The molecule has 4 rings (SSSR count). The van der Waals surface area contributed by atoms with Crippen LogP contribution in [0.1, 0.15) is 10.4 Å². The monoisotopic (exact) mass is 420 g/mol. The first-order valence-electron chi connectivity index (χ1n) is 9.25. The number of ether oxygens (including phenoxy) is 1. The molecule has 0 aliphatic heterocycles. The number of anilines is 1. The Kier molecular flexibility index (Phi) is 5.05. The van der Waals surface area contributed by atoms with Crippen LogP contribution >= 0.6 is 0 Å². The van der Waals surface area contributed by atoms with Gasteiger partial charge in [0.25, 0.3) is 10.0 Å². The predicted octanol–water partition coefficient (Wildman–Crippen LogP) is 4.43. The van der Waals surface area contributed by atoms with Crippen molar-refractivity contribution in [1.82, 2.24) is 4.57 Å². The molecule has 1 heterocycles. The highest BCUT2D eigenvalue weighted by Crippen LogP contribution is 2.32. The first-order valence-corrected chi connectivity index (χ1v) is 10.7. The molecule has 6 nitrogen and oxygen atoms in total. The van der Waals surface area contributed by atoms with Crippen LogP contribution in [0.4, 0.5) is 5.69 Å². The van der Waals surface area contributed by atoms with Crippen LogP contribution in [0.25, 0.3) is 22.0 Å². The fourth-order valence-corrected chi connectivity index (χ4v) is 4.45. The highest BCUT2D eigenvalue weighted by atomic mass is 32.2. The average Bonchev–Trinajstić information content (AvgIpc) is 3.09. The number of sulfonamides is 1. The van der Waals surface area contributed by atoms with Crippen molar-refractivity contribution in [2.75, 3.05) is 11.8 Å². The Morgan fingerprint density at radius 1 is 0.967 bits per heavy atom. The van der Waals surface area contributed by atoms with Crippen LogP contribution in [0, 0.1) is 0 Å². The molecule has 0 bridgehead atoms. The third-order valence-corrected chi connectivity index (χ3v) is 6.31. The van der Waals surface area contributed by atoms with Gasteiger partial charge in [-0.2, -0.15) is 0 Å². The Morgan fingerprint density at radius 3 is 2.33 bits per heavy atom. The number of benzene rings is 3. The van der Waals surface area contributed by atoms with Crippen molar-refractivity contribution in [2.45, 2.75) is 4.90 Å². The van der Waals surface area contributed by atoms with E-state index >= 15 is 0 Å². The molecule has 1 N–H and O–H groups in total. The van der Waals surface area contributed by atoms with Gasteiger partial charge in [-0.15, -0.1) is 0 Å². The average molecular weight is 420 g/mol. The zero-order valence-electron chi connectivity index (χ0n) is 16.5.